The van der Waals surface area contributed by atoms with Crippen LogP contribution in [0, 0.1) is 0 Å². The van der Waals surface area contributed by atoms with Gasteiger partial charge in [0.2, 0.25) is 17.8 Å². The zero-order chi connectivity index (χ0) is 86.0. The van der Waals surface area contributed by atoms with E-state index in [4.69, 9.17) is 38.7 Å². The summed E-state index contributed by atoms with van der Waals surface area (Å²) >= 11 is 5.43. The Bertz CT molecular complexity index is 9610. The van der Waals surface area contributed by atoms with Crippen LogP contribution in [0.5, 0.6) is 0 Å². The van der Waals surface area contributed by atoms with Gasteiger partial charge in [-0.3, -0.25) is 13.7 Å². The minimum atomic E-state index is -0.295. The predicted octanol–water partition coefficient (Wildman–Crippen LogP) is 32.4. The lowest BCUT2D eigenvalue weighted by molar-refractivity contribution is 0.632. The third-order valence-corrected chi connectivity index (χ3v) is 30.4. The molecule has 0 N–H and O–H groups in total. The topological polar surface area (TPSA) is 118 Å². The summed E-state index contributed by atoms with van der Waals surface area (Å²) in [7, 11) is 0. The van der Waals surface area contributed by atoms with Crippen molar-refractivity contribution in [1.29, 1.82) is 0 Å². The lowest BCUT2D eigenvalue weighted by atomic mass is 9.85. The van der Waals surface area contributed by atoms with E-state index in [1.165, 1.54) is 126 Å². The second kappa shape index (κ2) is 28.3. The Hall–Kier alpha value is -16.4. The summed E-state index contributed by atoms with van der Waals surface area (Å²) in [4.78, 5) is 32.3. The molecule has 612 valence electrons. The maximum atomic E-state index is 6.48. The van der Waals surface area contributed by atoms with Crippen molar-refractivity contribution in [1.82, 2.24) is 43.6 Å². The summed E-state index contributed by atoms with van der Waals surface area (Å²) in [6, 6.07) is 136. The number of para-hydroxylation sites is 5. The molecule has 1 aliphatic carbocycles. The Morgan fingerprint density at radius 2 is 0.626 bits per heavy atom. The van der Waals surface area contributed by atoms with Crippen molar-refractivity contribution >= 4 is 236 Å². The smallest absolute Gasteiger partial charge is 0.236 e. The highest BCUT2D eigenvalue weighted by Gasteiger charge is 2.40. The first-order valence-electron chi connectivity index (χ1n) is 44.1. The Labute approximate surface area is 758 Å². The first-order valence-corrected chi connectivity index (χ1v) is 46.5. The van der Waals surface area contributed by atoms with E-state index in [0.717, 1.165) is 127 Å². The van der Waals surface area contributed by atoms with E-state index in [0.29, 0.717) is 23.4 Å². The molecule has 18 aromatic carbocycles. The van der Waals surface area contributed by atoms with Crippen molar-refractivity contribution in [2.45, 2.75) is 19.3 Å². The average molecular weight is 1730 g/mol. The minimum Gasteiger partial charge on any atom is -0.456 e. The predicted molar refractivity (Wildman–Crippen MR) is 549 cm³/mol. The number of rotatable bonds is 6. The second-order valence-corrected chi connectivity index (χ2v) is 37.9. The van der Waals surface area contributed by atoms with Crippen LogP contribution < -0.4 is 0 Å². The first kappa shape index (κ1) is 73.8. The van der Waals surface area contributed by atoms with E-state index >= 15 is 0 Å². The molecule has 0 bridgehead atoms. The third kappa shape index (κ3) is 11.3. The summed E-state index contributed by atoms with van der Waals surface area (Å²) in [6.07, 6.45) is 0. The Kier molecular flexibility index (Phi) is 16.0. The van der Waals surface area contributed by atoms with Gasteiger partial charge < -0.3 is 8.83 Å². The van der Waals surface area contributed by atoms with Crippen LogP contribution in [0.2, 0.25) is 0 Å². The van der Waals surface area contributed by atoms with Gasteiger partial charge >= 0.3 is 0 Å². The zero-order valence-electron chi connectivity index (χ0n) is 70.4. The van der Waals surface area contributed by atoms with Gasteiger partial charge in [-0.1, -0.05) is 275 Å². The summed E-state index contributed by atoms with van der Waals surface area (Å²) in [5.74, 6) is 2.01. The number of hydrogen-bond acceptors (Lipinski definition) is 11. The van der Waals surface area contributed by atoms with Crippen molar-refractivity contribution in [2.24, 2.45) is 0 Å². The van der Waals surface area contributed by atoms with Gasteiger partial charge in [-0.25, -0.2) is 29.9 Å². The van der Waals surface area contributed by atoms with Gasteiger partial charge in [0.1, 0.15) is 28.0 Å². The normalized spacial score (nSPS) is 12.7. The van der Waals surface area contributed by atoms with Gasteiger partial charge in [-0.15, -0.1) is 34.0 Å². The van der Waals surface area contributed by atoms with E-state index in [1.54, 1.807) is 11.3 Å². The molecule has 0 saturated carbocycles. The van der Waals surface area contributed by atoms with Crippen LogP contribution in [-0.4, -0.2) is 43.6 Å². The van der Waals surface area contributed by atoms with Gasteiger partial charge in [0.05, 0.1) is 60.4 Å². The largest absolute Gasteiger partial charge is 0.456 e. The molecule has 0 aliphatic heterocycles. The zero-order valence-corrected chi connectivity index (χ0v) is 72.9. The molecule has 11 aromatic heterocycles. The summed E-state index contributed by atoms with van der Waals surface area (Å²) in [6.45, 7) is 4.56. The van der Waals surface area contributed by atoms with Crippen LogP contribution in [0.3, 0.4) is 0 Å². The lowest BCUT2D eigenvalue weighted by Gasteiger charge is -2.21. The molecule has 0 fully saturated rings. The van der Waals surface area contributed by atoms with Crippen LogP contribution in [0.15, 0.2) is 391 Å². The molecule has 30 rings (SSSR count). The van der Waals surface area contributed by atoms with Gasteiger partial charge in [0, 0.05) is 127 Å². The Morgan fingerprint density at radius 1 is 0.244 bits per heavy atom. The van der Waals surface area contributed by atoms with Gasteiger partial charge in [0.15, 0.2) is 5.58 Å². The minimum absolute atomic E-state index is 0.295. The van der Waals surface area contributed by atoms with Gasteiger partial charge in [-0.2, -0.15) is 0 Å². The van der Waals surface area contributed by atoms with Gasteiger partial charge in [-0.05, 0) is 165 Å². The maximum Gasteiger partial charge on any atom is 0.236 e. The molecule has 0 saturated heterocycles. The first-order chi connectivity index (χ1) is 64.7. The average Bonchev–Trinajstić information content (AvgIpc) is 1.55. The Balaban J connectivity index is 0.0000000986. The standard InChI is InChI=1S/C41H27N3O.C38H21N3OS.C38H21N3S2/c1-41(2)32-16-8-5-15-29(32)37-38(26-19-20-36-31(22-26)28-14-7-10-18-35(28)45-36)42-40(43-39(37)41)44-33-17-9-6-13-27(33)30-21-24-11-3-4-12-25(24)23-34(30)44;1-2-10-23-20-31-29(19-22(23)9-1)25-11-3-6-14-30(25)41(31)38-39-35(37-36(40-38)28-13-4-7-15-32(28)42-37)24-17-18-27-26-12-5-8-16-33(26)43-34(27)21-24;1-2-10-23-20-31-29(19-22(23)9-1)25-11-3-6-14-30(25)41(31)38-39-35(37-36(40-38)28-13-5-8-16-33(28)43-37)24-17-18-27-26-12-4-7-15-32(26)42-34(27)21-24/h3-23H,1-2H3;2*1-21H. The summed E-state index contributed by atoms with van der Waals surface area (Å²) < 4.78 is 26.8. The van der Waals surface area contributed by atoms with E-state index in [9.17, 15) is 0 Å². The van der Waals surface area contributed by atoms with Crippen LogP contribution in [0.1, 0.15) is 25.1 Å². The summed E-state index contributed by atoms with van der Waals surface area (Å²) in [5, 5.41) is 23.9. The molecule has 0 unspecified atom stereocenters. The van der Waals surface area contributed by atoms with Crippen molar-refractivity contribution in [2.75, 3.05) is 0 Å². The number of fused-ring (bicyclic) bond motifs is 30. The van der Waals surface area contributed by atoms with Crippen LogP contribution in [-0.2, 0) is 5.41 Å². The quantitative estimate of drug-likeness (QED) is 0.162. The molecule has 1 aliphatic rings. The maximum absolute atomic E-state index is 6.48. The van der Waals surface area contributed by atoms with Crippen molar-refractivity contribution in [3.8, 4) is 62.7 Å². The van der Waals surface area contributed by atoms with Crippen molar-refractivity contribution in [3.63, 3.8) is 0 Å². The SMILES string of the molecule is CC1(C)c2ccccc2-c2c(-c3ccc4oc5ccccc5c4c3)nc(-n3c4ccccc4c4cc5ccccc5cc43)nc21.c1ccc2cc3c(cc2c1)c1ccccc1n3-c1nc(-c2ccc3c(c2)sc2ccccc23)c2oc3ccccc3c2n1.c1ccc2cc3c(cc2c1)c1ccccc1n3-c1nc(-c2ccc3c(c2)sc2ccccc23)c2sc3ccccc3c2n1. The van der Waals surface area contributed by atoms with Crippen LogP contribution in [0.4, 0.5) is 0 Å². The number of furan rings is 2. The highest BCUT2D eigenvalue weighted by molar-refractivity contribution is 7.27. The fourth-order valence-corrected chi connectivity index (χ4v) is 24.3. The highest BCUT2D eigenvalue weighted by atomic mass is 32.1. The van der Waals surface area contributed by atoms with Crippen molar-refractivity contribution in [3.05, 3.63) is 393 Å². The molecular weight excluding hydrogens is 1660 g/mol. The van der Waals surface area contributed by atoms with Crippen molar-refractivity contribution < 1.29 is 8.83 Å². The molecular formula is C117H69N9O2S3. The molecule has 0 spiro atoms. The van der Waals surface area contributed by atoms with E-state index in [-0.39, 0.29) is 5.41 Å². The molecule has 11 nitrogen and oxygen atoms in total. The molecule has 29 aromatic rings. The number of aromatic nitrogens is 9. The molecule has 11 heterocycles. The monoisotopic (exact) mass is 1730 g/mol. The number of thiophene rings is 3. The highest BCUT2D eigenvalue weighted by Crippen LogP contribution is 2.53. The number of hydrogen-bond donors (Lipinski definition) is 0. The molecule has 0 amide bonds. The fraction of sp³-hybridized carbons (Fsp3) is 0.0256. The molecule has 0 radical (unpaired) electrons. The second-order valence-electron chi connectivity index (χ2n) is 34.7. The van der Waals surface area contributed by atoms with E-state index in [2.05, 4.69) is 379 Å². The Morgan fingerprint density at radius 3 is 1.18 bits per heavy atom. The number of benzene rings is 18. The van der Waals surface area contributed by atoms with Crippen LogP contribution >= 0.6 is 34.0 Å². The van der Waals surface area contributed by atoms with E-state index in [1.807, 2.05) is 53.0 Å². The fourth-order valence-electron chi connectivity index (χ4n) is 20.8. The lowest BCUT2D eigenvalue weighted by Crippen LogP contribution is -2.18. The molecule has 14 heteroatoms. The van der Waals surface area contributed by atoms with Crippen LogP contribution in [0.25, 0.3) is 265 Å². The summed E-state index contributed by atoms with van der Waals surface area (Å²) in [5.41, 5.74) is 21.9. The number of nitrogens with zero attached hydrogens (tertiary/aromatic N) is 9. The third-order valence-electron chi connectivity index (χ3n) is 26.9. The van der Waals surface area contributed by atoms with Gasteiger partial charge in [0.25, 0.3) is 0 Å². The van der Waals surface area contributed by atoms with E-state index < -0.39 is 0 Å². The molecule has 131 heavy (non-hydrogen) atoms. The molecule has 0 atom stereocenters.